The number of aromatic carboxylic acids is 1. The zero-order chi connectivity index (χ0) is 43.2. The zero-order valence-electron chi connectivity index (χ0n) is 33.0. The van der Waals surface area contributed by atoms with E-state index in [2.05, 4.69) is 76.6 Å². The maximum Gasteiger partial charge on any atom is 2.00 e. The van der Waals surface area contributed by atoms with E-state index in [1.807, 2.05) is 54.7 Å². The van der Waals surface area contributed by atoms with Crippen LogP contribution in [0.1, 0.15) is 44.7 Å². The molecule has 0 saturated heterocycles. The summed E-state index contributed by atoms with van der Waals surface area (Å²) in [5, 5.41) is 18.2. The third-order valence-electron chi connectivity index (χ3n) is 7.95. The van der Waals surface area contributed by atoms with Crippen molar-refractivity contribution < 1.29 is 75.6 Å². The van der Waals surface area contributed by atoms with Crippen molar-refractivity contribution in [1.29, 1.82) is 5.26 Å². The molecule has 0 unspecified atom stereocenters. The Morgan fingerprint density at radius 1 is 0.607 bits per heavy atom. The van der Waals surface area contributed by atoms with Gasteiger partial charge >= 0.3 is 33.3 Å². The van der Waals surface area contributed by atoms with E-state index in [4.69, 9.17) is 38.6 Å². The Hall–Kier alpha value is -6.23. The molecule has 0 amide bonds. The first-order valence-electron chi connectivity index (χ1n) is 18.1. The number of halogens is 1. The van der Waals surface area contributed by atoms with Crippen molar-refractivity contribution in [3.8, 4) is 34.3 Å². The minimum absolute atomic E-state index is 0. The number of carboxylic acids is 1. The largest absolute Gasteiger partial charge is 2.00 e. The predicted molar refractivity (Wildman–Crippen MR) is 210 cm³/mol. The summed E-state index contributed by atoms with van der Waals surface area (Å²) in [5.41, 5.74) is 7.50. The average molecular weight is 937 g/mol. The monoisotopic (exact) mass is 937 g/mol. The van der Waals surface area contributed by atoms with Gasteiger partial charge in [-0.3, -0.25) is 19.9 Å². The number of esters is 1. The molecule has 0 N–H and O–H groups in total. The Morgan fingerprint density at radius 3 is 1.48 bits per heavy atom. The average Bonchev–Trinajstić information content (AvgIpc) is 3.25. The topological polar surface area (TPSA) is 224 Å². The molecule has 0 spiro atoms. The molecular weight excluding hydrogens is 898 g/mol. The second-order valence-electron chi connectivity index (χ2n) is 12.4. The van der Waals surface area contributed by atoms with E-state index in [1.54, 1.807) is 42.5 Å². The number of pyridine rings is 3. The Kier molecular flexibility index (Phi) is 21.0. The molecule has 4 aromatic carbocycles. The van der Waals surface area contributed by atoms with Gasteiger partial charge in [-0.15, -0.1) is 10.2 Å². The molecule has 0 bridgehead atoms. The minimum Gasteiger partial charge on any atom is -0.545 e. The number of aromatic nitrogens is 3. The van der Waals surface area contributed by atoms with Gasteiger partial charge in [0.15, 0.2) is 0 Å². The molecule has 0 aliphatic carbocycles. The third kappa shape index (κ3) is 18.3. The van der Waals surface area contributed by atoms with Crippen LogP contribution in [0.15, 0.2) is 176 Å². The molecule has 0 radical (unpaired) electrons. The molecule has 3 aromatic heterocycles. The van der Waals surface area contributed by atoms with E-state index in [-0.39, 0.29) is 38.6 Å². The van der Waals surface area contributed by atoms with Crippen molar-refractivity contribution in [2.24, 2.45) is 0 Å². The molecule has 0 fully saturated rings. The first-order chi connectivity index (χ1) is 28.9. The molecular formula is C46H38CdClN5O8. The van der Waals surface area contributed by atoms with Crippen LogP contribution in [0.25, 0.3) is 22.5 Å². The Labute approximate surface area is 375 Å². The standard InChI is InChI=1S/C30H26N4.C14H10O4.C2H3N.Cd.ClHO4/c1-3-11-24(12-4-1)29-18-9-16-27(32-29)22-34(21-26-15-7-8-20-31-26)23-28-17-10-19-30(33-28)25-13-5-2-6-14-25;15-13(16)11-8-4-5-9-12(11)18-14(17)10-6-2-1-3-7-10;1-2-3;;2-1(3,4)5/h1-20H,21-23H2;1-9H,(H,15,16);1H3;;(H,2,3,4,5)/q;;;+2;/p-2. The second-order valence-corrected chi connectivity index (χ2v) is 13.1. The van der Waals surface area contributed by atoms with Gasteiger partial charge in [0.2, 0.25) is 0 Å². The Morgan fingerprint density at radius 2 is 1.02 bits per heavy atom. The van der Waals surface area contributed by atoms with Gasteiger partial charge in [0.1, 0.15) is 5.75 Å². The van der Waals surface area contributed by atoms with Gasteiger partial charge in [0.25, 0.3) is 0 Å². The minimum atomic E-state index is -4.94. The van der Waals surface area contributed by atoms with Crippen LogP contribution in [-0.2, 0) is 46.9 Å². The van der Waals surface area contributed by atoms with Gasteiger partial charge in [0, 0.05) is 49.4 Å². The number of carbonyl (C=O) groups is 2. The van der Waals surface area contributed by atoms with Crippen LogP contribution in [0.3, 0.4) is 0 Å². The van der Waals surface area contributed by atoms with E-state index in [1.165, 1.54) is 25.1 Å². The van der Waals surface area contributed by atoms with Crippen molar-refractivity contribution in [2.45, 2.75) is 26.6 Å². The Bertz CT molecular complexity index is 2330. The summed E-state index contributed by atoms with van der Waals surface area (Å²) in [4.78, 5) is 39.4. The van der Waals surface area contributed by atoms with Gasteiger partial charge in [-0.1, -0.05) is 109 Å². The number of hydrogen-bond acceptors (Lipinski definition) is 13. The Balaban J connectivity index is 0.000000308. The van der Waals surface area contributed by atoms with Crippen LogP contribution in [0.5, 0.6) is 5.75 Å². The van der Waals surface area contributed by atoms with E-state index >= 15 is 0 Å². The summed E-state index contributed by atoms with van der Waals surface area (Å²) in [7, 11) is -4.94. The molecule has 0 aliphatic rings. The molecule has 0 atom stereocenters. The molecule has 0 aliphatic heterocycles. The van der Waals surface area contributed by atoms with Crippen LogP contribution in [0.2, 0.25) is 0 Å². The number of carboxylic acid groups (broad SMARTS) is 1. The molecule has 7 rings (SSSR count). The number of nitrogens with zero attached hydrogens (tertiary/aromatic N) is 5. The predicted octanol–water partition coefficient (Wildman–Crippen LogP) is 3.45. The first kappa shape index (κ1) is 49.1. The van der Waals surface area contributed by atoms with Gasteiger partial charge in [0.05, 0.1) is 46.1 Å². The molecule has 61 heavy (non-hydrogen) atoms. The summed E-state index contributed by atoms with van der Waals surface area (Å²) in [6.45, 7) is 3.55. The molecule has 3 heterocycles. The number of nitriles is 1. The second kappa shape index (κ2) is 26.1. The van der Waals surface area contributed by atoms with Gasteiger partial charge in [-0.2, -0.15) is 5.26 Å². The fourth-order valence-corrected chi connectivity index (χ4v) is 5.48. The number of para-hydroxylation sites is 1. The van der Waals surface area contributed by atoms with E-state index in [9.17, 15) is 14.7 Å². The van der Waals surface area contributed by atoms with E-state index < -0.39 is 22.2 Å². The van der Waals surface area contributed by atoms with Gasteiger partial charge in [-0.05, 0) is 60.7 Å². The maximum absolute atomic E-state index is 11.8. The number of hydrogen-bond donors (Lipinski definition) is 0. The van der Waals surface area contributed by atoms with Crippen molar-refractivity contribution in [3.05, 3.63) is 204 Å². The summed E-state index contributed by atoms with van der Waals surface area (Å²) >= 11 is 0. The van der Waals surface area contributed by atoms with Crippen LogP contribution < -0.4 is 28.5 Å². The van der Waals surface area contributed by atoms with Gasteiger partial charge in [-0.25, -0.2) is 23.4 Å². The summed E-state index contributed by atoms with van der Waals surface area (Å²) in [6.07, 6.45) is 1.84. The summed E-state index contributed by atoms with van der Waals surface area (Å²) < 4.78 is 39.0. The van der Waals surface area contributed by atoms with Crippen LogP contribution in [0, 0.1) is 21.6 Å². The number of ether oxygens (including phenoxy) is 1. The molecule has 7 aromatic rings. The summed E-state index contributed by atoms with van der Waals surface area (Å²) in [5.74, 6) is -2.01. The molecule has 0 saturated carbocycles. The van der Waals surface area contributed by atoms with Crippen LogP contribution in [-0.4, -0.2) is 31.8 Å². The number of rotatable bonds is 11. The van der Waals surface area contributed by atoms with Crippen molar-refractivity contribution >= 4 is 11.9 Å². The SMILES string of the molecule is CC#N.O=C(Oc1ccccc1C(=O)[O-])c1ccccc1.[Cd+2].[O-][Cl+3]([O-])([O-])[O-].c1ccc(-c2cccc(CN(Cc3ccccn3)Cc3cccc(-c4ccccc4)n3)n2)cc1. The molecule has 304 valence electrons. The van der Waals surface area contributed by atoms with Crippen molar-refractivity contribution in [1.82, 2.24) is 19.9 Å². The third-order valence-corrected chi connectivity index (χ3v) is 7.95. The number of carbonyl (C=O) groups excluding carboxylic acids is 2. The van der Waals surface area contributed by atoms with Crippen LogP contribution in [0.4, 0.5) is 0 Å². The smallest absolute Gasteiger partial charge is 0.545 e. The summed E-state index contributed by atoms with van der Waals surface area (Å²) in [6, 6.07) is 55.0. The quantitative estimate of drug-likeness (QED) is 0.103. The fourth-order valence-electron chi connectivity index (χ4n) is 5.48. The number of benzene rings is 4. The van der Waals surface area contributed by atoms with Crippen molar-refractivity contribution in [2.75, 3.05) is 0 Å². The van der Waals surface area contributed by atoms with Crippen LogP contribution >= 0.6 is 0 Å². The fraction of sp³-hybridized carbons (Fsp3) is 0.0870. The first-order valence-corrected chi connectivity index (χ1v) is 19.3. The van der Waals surface area contributed by atoms with E-state index in [0.717, 1.165) is 46.1 Å². The normalized spacial score (nSPS) is 10.1. The van der Waals surface area contributed by atoms with Crippen molar-refractivity contribution in [3.63, 3.8) is 0 Å². The zero-order valence-corrected chi connectivity index (χ0v) is 37.7. The molecule has 15 heteroatoms. The maximum atomic E-state index is 11.8. The van der Waals surface area contributed by atoms with E-state index in [0.29, 0.717) is 18.7 Å². The van der Waals surface area contributed by atoms with Gasteiger partial charge < -0.3 is 14.6 Å². The molecule has 13 nitrogen and oxygen atoms in total.